The second-order valence-electron chi connectivity index (χ2n) is 8.89. The number of aryl methyl sites for hydroxylation is 2. The van der Waals surface area contributed by atoms with Gasteiger partial charge in [0, 0.05) is 29.9 Å². The average Bonchev–Trinajstić information content (AvgIpc) is 3.28. The Morgan fingerprint density at radius 2 is 1.94 bits per heavy atom. The number of hydrogen-bond acceptors (Lipinski definition) is 6. The zero-order valence-corrected chi connectivity index (χ0v) is 20.8. The molecule has 0 radical (unpaired) electrons. The molecular formula is C24H28F3N5O3S. The first-order valence-corrected chi connectivity index (χ1v) is 13.2. The minimum Gasteiger partial charge on any atom is -0.468 e. The number of hydrogen-bond donors (Lipinski definition) is 1. The monoisotopic (exact) mass is 523 g/mol. The van der Waals surface area contributed by atoms with E-state index in [-0.39, 0.29) is 22.9 Å². The van der Waals surface area contributed by atoms with Crippen LogP contribution in [0.1, 0.15) is 50.0 Å². The fourth-order valence-electron chi connectivity index (χ4n) is 4.55. The van der Waals surface area contributed by atoms with Crippen LogP contribution in [-0.4, -0.2) is 47.0 Å². The molecule has 1 fully saturated rings. The molecule has 2 atom stereocenters. The minimum atomic E-state index is -4.44. The zero-order valence-electron chi connectivity index (χ0n) is 20.0. The van der Waals surface area contributed by atoms with Crippen LogP contribution in [0.15, 0.2) is 47.8 Å². The Labute approximate surface area is 208 Å². The summed E-state index contributed by atoms with van der Waals surface area (Å²) in [5.41, 5.74) is 1.99. The largest absolute Gasteiger partial charge is 0.468 e. The number of nitrogens with zero attached hydrogens (tertiary/aromatic N) is 4. The maximum Gasteiger partial charge on any atom is 0.422 e. The molecule has 0 saturated heterocycles. The highest BCUT2D eigenvalue weighted by molar-refractivity contribution is 7.89. The molecule has 1 aromatic carbocycles. The first-order valence-electron chi connectivity index (χ1n) is 11.7. The van der Waals surface area contributed by atoms with E-state index >= 15 is 0 Å². The lowest BCUT2D eigenvalue weighted by atomic mass is 9.91. The Hall–Kier alpha value is -2.99. The van der Waals surface area contributed by atoms with Crippen molar-refractivity contribution in [2.24, 2.45) is 0 Å². The molecule has 2 heterocycles. The minimum absolute atomic E-state index is 0.136. The fraction of sp³-hybridized carbons (Fsp3) is 0.458. The number of pyridine rings is 1. The van der Waals surface area contributed by atoms with Crippen molar-refractivity contribution in [2.45, 2.75) is 69.1 Å². The number of alkyl halides is 3. The molecule has 4 rings (SSSR count). The van der Waals surface area contributed by atoms with Crippen molar-refractivity contribution in [3.05, 3.63) is 54.2 Å². The molecule has 0 bridgehead atoms. The van der Waals surface area contributed by atoms with Gasteiger partial charge < -0.3 is 9.30 Å². The Bertz CT molecular complexity index is 1290. The lowest BCUT2D eigenvalue weighted by Crippen LogP contribution is -2.39. The summed E-state index contributed by atoms with van der Waals surface area (Å²) >= 11 is 0. The number of sulfonamides is 1. The van der Waals surface area contributed by atoms with E-state index in [0.717, 1.165) is 25.1 Å². The molecule has 36 heavy (non-hydrogen) atoms. The number of nitrogens with one attached hydrogen (secondary N) is 1. The Kier molecular flexibility index (Phi) is 7.65. The second kappa shape index (κ2) is 10.6. The summed E-state index contributed by atoms with van der Waals surface area (Å²) in [5.74, 6) is 0.671. The standard InChI is InChI=1S/C24H28F3N5O3S/c1-3-17-11-18(19-8-10-23(28-13-19)35-14-24(25,26)27)7-9-22(17)36(33,34)31-20-5-4-6-21(12-20)32-15-29-30-16(32)2/h7-11,13,15,20-21,31H,3-6,12,14H2,1-2H3/t20-,21+/m0/s1. The van der Waals surface area contributed by atoms with E-state index in [9.17, 15) is 21.6 Å². The molecule has 0 aliphatic heterocycles. The van der Waals surface area contributed by atoms with Crippen LogP contribution in [0, 0.1) is 6.92 Å². The second-order valence-corrected chi connectivity index (χ2v) is 10.6. The molecule has 1 aliphatic rings. The van der Waals surface area contributed by atoms with Gasteiger partial charge in [-0.1, -0.05) is 13.0 Å². The quantitative estimate of drug-likeness (QED) is 0.463. The lowest BCUT2D eigenvalue weighted by Gasteiger charge is -2.30. The number of ether oxygens (including phenoxy) is 1. The zero-order chi connectivity index (χ0) is 25.9. The summed E-state index contributed by atoms with van der Waals surface area (Å²) in [6, 6.07) is 7.90. The summed E-state index contributed by atoms with van der Waals surface area (Å²) in [4.78, 5) is 4.15. The van der Waals surface area contributed by atoms with Gasteiger partial charge in [-0.3, -0.25) is 0 Å². The van der Waals surface area contributed by atoms with Crippen molar-refractivity contribution < 1.29 is 26.3 Å². The maximum atomic E-state index is 13.3. The Morgan fingerprint density at radius 1 is 1.17 bits per heavy atom. The first-order chi connectivity index (χ1) is 17.1. The smallest absolute Gasteiger partial charge is 0.422 e. The normalized spacial score (nSPS) is 18.8. The molecule has 1 aliphatic carbocycles. The number of halogens is 3. The maximum absolute atomic E-state index is 13.3. The van der Waals surface area contributed by atoms with Gasteiger partial charge in [0.25, 0.3) is 0 Å². The van der Waals surface area contributed by atoms with E-state index < -0.39 is 22.8 Å². The van der Waals surface area contributed by atoms with E-state index in [1.54, 1.807) is 30.6 Å². The molecule has 0 spiro atoms. The molecule has 2 aromatic heterocycles. The summed E-state index contributed by atoms with van der Waals surface area (Å²) in [6.07, 6.45) is 2.38. The van der Waals surface area contributed by atoms with E-state index in [1.165, 1.54) is 12.3 Å². The van der Waals surface area contributed by atoms with Crippen molar-refractivity contribution in [3.63, 3.8) is 0 Å². The molecule has 1 N–H and O–H groups in total. The van der Waals surface area contributed by atoms with Gasteiger partial charge >= 0.3 is 6.18 Å². The van der Waals surface area contributed by atoms with E-state index in [0.29, 0.717) is 29.5 Å². The summed E-state index contributed by atoms with van der Waals surface area (Å²) in [7, 11) is -3.76. The topological polar surface area (TPSA) is 99.0 Å². The van der Waals surface area contributed by atoms with Crippen LogP contribution in [0.25, 0.3) is 11.1 Å². The first kappa shape index (κ1) is 26.1. The summed E-state index contributed by atoms with van der Waals surface area (Å²) in [6.45, 7) is 2.34. The third-order valence-corrected chi connectivity index (χ3v) is 7.92. The van der Waals surface area contributed by atoms with Gasteiger partial charge in [-0.2, -0.15) is 13.2 Å². The van der Waals surface area contributed by atoms with Gasteiger partial charge in [0.2, 0.25) is 15.9 Å². The van der Waals surface area contributed by atoms with Crippen LogP contribution in [0.2, 0.25) is 0 Å². The molecule has 194 valence electrons. The van der Waals surface area contributed by atoms with Gasteiger partial charge in [-0.05, 0) is 68.4 Å². The van der Waals surface area contributed by atoms with Crippen molar-refractivity contribution in [1.29, 1.82) is 0 Å². The molecule has 1 saturated carbocycles. The predicted octanol–water partition coefficient (Wildman–Crippen LogP) is 4.61. The summed E-state index contributed by atoms with van der Waals surface area (Å²) < 4.78 is 73.2. The number of aromatic nitrogens is 4. The highest BCUT2D eigenvalue weighted by Gasteiger charge is 2.30. The Balaban J connectivity index is 1.48. The molecule has 3 aromatic rings. The van der Waals surface area contributed by atoms with Gasteiger partial charge in [0.05, 0.1) is 4.90 Å². The van der Waals surface area contributed by atoms with Crippen LogP contribution < -0.4 is 9.46 Å². The number of rotatable bonds is 8. The van der Waals surface area contributed by atoms with E-state index in [4.69, 9.17) is 0 Å². The molecule has 12 heteroatoms. The summed E-state index contributed by atoms with van der Waals surface area (Å²) in [5, 5.41) is 7.98. The van der Waals surface area contributed by atoms with Crippen LogP contribution >= 0.6 is 0 Å². The van der Waals surface area contributed by atoms with Crippen LogP contribution in [0.4, 0.5) is 13.2 Å². The van der Waals surface area contributed by atoms with Crippen molar-refractivity contribution >= 4 is 10.0 Å². The van der Waals surface area contributed by atoms with Crippen LogP contribution in [0.3, 0.4) is 0 Å². The fourth-order valence-corrected chi connectivity index (χ4v) is 6.13. The average molecular weight is 524 g/mol. The van der Waals surface area contributed by atoms with Crippen molar-refractivity contribution in [1.82, 2.24) is 24.5 Å². The van der Waals surface area contributed by atoms with Crippen LogP contribution in [-0.2, 0) is 16.4 Å². The molecule has 0 amide bonds. The predicted molar refractivity (Wildman–Crippen MR) is 127 cm³/mol. The Morgan fingerprint density at radius 3 is 2.58 bits per heavy atom. The van der Waals surface area contributed by atoms with Crippen LogP contribution in [0.5, 0.6) is 5.88 Å². The van der Waals surface area contributed by atoms with Gasteiger partial charge in [0.15, 0.2) is 6.61 Å². The van der Waals surface area contributed by atoms with Crippen molar-refractivity contribution in [2.75, 3.05) is 6.61 Å². The number of benzene rings is 1. The van der Waals surface area contributed by atoms with E-state index in [2.05, 4.69) is 24.6 Å². The van der Waals surface area contributed by atoms with Gasteiger partial charge in [-0.15, -0.1) is 10.2 Å². The molecule has 0 unspecified atom stereocenters. The molecule has 8 nitrogen and oxygen atoms in total. The van der Waals surface area contributed by atoms with Crippen molar-refractivity contribution in [3.8, 4) is 17.0 Å². The highest BCUT2D eigenvalue weighted by Crippen LogP contribution is 2.31. The third kappa shape index (κ3) is 6.22. The SMILES string of the molecule is CCc1cc(-c2ccc(OCC(F)(F)F)nc2)ccc1S(=O)(=O)N[C@H]1CCC[C@@H](n2cnnc2C)C1. The van der Waals surface area contributed by atoms with Gasteiger partial charge in [-0.25, -0.2) is 18.1 Å². The lowest BCUT2D eigenvalue weighted by molar-refractivity contribution is -0.154. The van der Waals surface area contributed by atoms with E-state index in [1.807, 2.05) is 18.4 Å². The molecular weight excluding hydrogens is 495 g/mol. The highest BCUT2D eigenvalue weighted by atomic mass is 32.2. The third-order valence-electron chi connectivity index (χ3n) is 6.30. The van der Waals surface area contributed by atoms with Gasteiger partial charge in [0.1, 0.15) is 12.2 Å².